The van der Waals surface area contributed by atoms with E-state index in [1.807, 2.05) is 0 Å². The van der Waals surface area contributed by atoms with Crippen LogP contribution in [-0.2, 0) is 0 Å². The van der Waals surface area contributed by atoms with E-state index in [9.17, 15) is 10.0 Å². The molecular weight excluding hydrogens is 216 g/mol. The van der Waals surface area contributed by atoms with Crippen molar-refractivity contribution >= 4 is 5.91 Å². The normalized spacial score (nSPS) is 20.3. The molecule has 0 aliphatic carbocycles. The maximum Gasteiger partial charge on any atom is 0.319 e. The number of pyridine rings is 1. The number of hydrogen-bond donors (Lipinski definition) is 0. The Labute approximate surface area is 101 Å². The molecule has 1 saturated heterocycles. The first-order chi connectivity index (χ1) is 8.22. The third-order valence-electron chi connectivity index (χ3n) is 3.43. The van der Waals surface area contributed by atoms with Gasteiger partial charge < -0.3 is 10.1 Å². The molecule has 0 radical (unpaired) electrons. The summed E-state index contributed by atoms with van der Waals surface area (Å²) >= 11 is 0. The number of aromatic nitrogens is 1. The van der Waals surface area contributed by atoms with Gasteiger partial charge in [-0.05, 0) is 24.8 Å². The largest absolute Gasteiger partial charge is 0.618 e. The highest BCUT2D eigenvalue weighted by atomic mass is 16.5. The van der Waals surface area contributed by atoms with Crippen LogP contribution >= 0.6 is 0 Å². The van der Waals surface area contributed by atoms with Gasteiger partial charge in [-0.2, -0.15) is 4.73 Å². The summed E-state index contributed by atoms with van der Waals surface area (Å²) in [5.41, 5.74) is 0.226. The Balaban J connectivity index is 2.12. The minimum Gasteiger partial charge on any atom is -0.618 e. The first kappa shape index (κ1) is 11.9. The van der Waals surface area contributed by atoms with E-state index in [2.05, 4.69) is 6.92 Å². The zero-order chi connectivity index (χ0) is 12.3. The molecule has 92 valence electrons. The number of likely N-dealkylation sites (tertiary alicyclic amines) is 1. The van der Waals surface area contributed by atoms with Gasteiger partial charge >= 0.3 is 5.91 Å². The monoisotopic (exact) mass is 234 g/mol. The molecule has 0 bridgehead atoms. The highest BCUT2D eigenvalue weighted by molar-refractivity contribution is 5.91. The van der Waals surface area contributed by atoms with Crippen molar-refractivity contribution in [3.05, 3.63) is 35.3 Å². The van der Waals surface area contributed by atoms with Crippen molar-refractivity contribution < 1.29 is 9.52 Å². The second kappa shape index (κ2) is 5.17. The molecule has 0 aromatic carbocycles. The smallest absolute Gasteiger partial charge is 0.319 e. The minimum atomic E-state index is -0.140. The van der Waals surface area contributed by atoms with Crippen molar-refractivity contribution in [3.63, 3.8) is 0 Å². The summed E-state index contributed by atoms with van der Waals surface area (Å²) in [6.45, 7) is 3.70. The van der Waals surface area contributed by atoms with E-state index >= 15 is 0 Å². The van der Waals surface area contributed by atoms with Gasteiger partial charge in [0, 0.05) is 25.2 Å². The van der Waals surface area contributed by atoms with Crippen LogP contribution in [0.1, 0.15) is 36.7 Å². The fourth-order valence-electron chi connectivity index (χ4n) is 2.34. The van der Waals surface area contributed by atoms with Crippen LogP contribution in [0, 0.1) is 11.1 Å². The number of piperidine rings is 1. The molecule has 1 aromatic rings. The number of hydrogen-bond acceptors (Lipinski definition) is 2. The molecule has 0 spiro atoms. The van der Waals surface area contributed by atoms with Crippen LogP contribution in [0.4, 0.5) is 0 Å². The molecule has 1 amide bonds. The molecule has 0 saturated carbocycles. The van der Waals surface area contributed by atoms with Gasteiger partial charge in [0.15, 0.2) is 6.20 Å². The van der Waals surface area contributed by atoms with E-state index in [0.717, 1.165) is 25.9 Å². The highest BCUT2D eigenvalue weighted by Gasteiger charge is 2.27. The topological polar surface area (TPSA) is 47.2 Å². The Hall–Kier alpha value is -1.58. The lowest BCUT2D eigenvalue weighted by molar-refractivity contribution is -0.608. The molecule has 1 aromatic heterocycles. The molecule has 4 heteroatoms. The lowest BCUT2D eigenvalue weighted by atomic mass is 9.95. The molecule has 1 aliphatic heterocycles. The Morgan fingerprint density at radius 2 is 2.41 bits per heavy atom. The maximum atomic E-state index is 12.2. The SMILES string of the molecule is CC[C@@H]1CCCN(C(=O)c2cccc[n+]2[O-])C1. The van der Waals surface area contributed by atoms with E-state index < -0.39 is 0 Å². The Morgan fingerprint density at radius 3 is 3.12 bits per heavy atom. The predicted molar refractivity (Wildman–Crippen MR) is 64.3 cm³/mol. The van der Waals surface area contributed by atoms with Crippen LogP contribution in [0.25, 0.3) is 0 Å². The van der Waals surface area contributed by atoms with E-state index in [1.54, 1.807) is 23.1 Å². The predicted octanol–water partition coefficient (Wildman–Crippen LogP) is 1.58. The minimum absolute atomic E-state index is 0.140. The molecular formula is C13H18N2O2. The second-order valence-electron chi connectivity index (χ2n) is 4.58. The van der Waals surface area contributed by atoms with Crippen molar-refractivity contribution in [2.24, 2.45) is 5.92 Å². The van der Waals surface area contributed by atoms with Crippen LogP contribution in [-0.4, -0.2) is 23.9 Å². The average molecular weight is 234 g/mol. The van der Waals surface area contributed by atoms with Gasteiger partial charge in [-0.3, -0.25) is 4.79 Å². The lowest BCUT2D eigenvalue weighted by Gasteiger charge is -2.31. The molecule has 1 aliphatic rings. The first-order valence-electron chi connectivity index (χ1n) is 6.20. The van der Waals surface area contributed by atoms with Crippen molar-refractivity contribution in [1.82, 2.24) is 4.90 Å². The van der Waals surface area contributed by atoms with Crippen LogP contribution in [0.5, 0.6) is 0 Å². The van der Waals surface area contributed by atoms with E-state index in [4.69, 9.17) is 0 Å². The van der Waals surface area contributed by atoms with Crippen LogP contribution in [0.15, 0.2) is 24.4 Å². The average Bonchev–Trinajstić information content (AvgIpc) is 2.38. The molecule has 17 heavy (non-hydrogen) atoms. The summed E-state index contributed by atoms with van der Waals surface area (Å²) in [5, 5.41) is 11.5. The van der Waals surface area contributed by atoms with Gasteiger partial charge in [-0.15, -0.1) is 0 Å². The van der Waals surface area contributed by atoms with Crippen molar-refractivity contribution in [2.45, 2.75) is 26.2 Å². The van der Waals surface area contributed by atoms with Crippen molar-refractivity contribution in [2.75, 3.05) is 13.1 Å². The lowest BCUT2D eigenvalue weighted by Crippen LogP contribution is -2.45. The van der Waals surface area contributed by atoms with E-state index in [-0.39, 0.29) is 11.6 Å². The summed E-state index contributed by atoms with van der Waals surface area (Å²) in [5.74, 6) is 0.440. The van der Waals surface area contributed by atoms with E-state index in [0.29, 0.717) is 10.6 Å². The molecule has 0 unspecified atom stereocenters. The van der Waals surface area contributed by atoms with Gasteiger partial charge in [-0.25, -0.2) is 0 Å². The second-order valence-corrected chi connectivity index (χ2v) is 4.58. The summed E-state index contributed by atoms with van der Waals surface area (Å²) in [7, 11) is 0. The zero-order valence-corrected chi connectivity index (χ0v) is 10.1. The fraction of sp³-hybridized carbons (Fsp3) is 0.538. The Kier molecular flexibility index (Phi) is 3.61. The molecule has 2 heterocycles. The van der Waals surface area contributed by atoms with Crippen LogP contribution < -0.4 is 4.73 Å². The van der Waals surface area contributed by atoms with Crippen molar-refractivity contribution in [1.29, 1.82) is 0 Å². The third kappa shape index (κ3) is 2.57. The standard InChI is InChI=1S/C13H18N2O2/c1-2-11-6-5-8-14(10-11)13(16)12-7-3-4-9-15(12)17/h3-4,7,9,11H,2,5-6,8,10H2,1H3/t11-/m1/s1. The first-order valence-corrected chi connectivity index (χ1v) is 6.20. The molecule has 2 rings (SSSR count). The molecule has 1 atom stereocenters. The van der Waals surface area contributed by atoms with Gasteiger partial charge in [0.25, 0.3) is 5.69 Å². The van der Waals surface area contributed by atoms with Gasteiger partial charge in [0.05, 0.1) is 0 Å². The summed E-state index contributed by atoms with van der Waals surface area (Å²) in [6.07, 6.45) is 4.69. The maximum absolute atomic E-state index is 12.2. The summed E-state index contributed by atoms with van der Waals surface area (Å²) < 4.78 is 0.651. The zero-order valence-electron chi connectivity index (χ0n) is 10.1. The fourth-order valence-corrected chi connectivity index (χ4v) is 2.34. The van der Waals surface area contributed by atoms with Gasteiger partial charge in [0.1, 0.15) is 0 Å². The van der Waals surface area contributed by atoms with E-state index in [1.165, 1.54) is 12.6 Å². The highest BCUT2D eigenvalue weighted by Crippen LogP contribution is 2.20. The van der Waals surface area contributed by atoms with Gasteiger partial charge in [0.2, 0.25) is 0 Å². The Bertz CT molecular complexity index is 406. The van der Waals surface area contributed by atoms with Crippen LogP contribution in [0.3, 0.4) is 0 Å². The number of rotatable bonds is 2. The number of nitrogens with zero attached hydrogens (tertiary/aromatic N) is 2. The van der Waals surface area contributed by atoms with Crippen LogP contribution in [0.2, 0.25) is 0 Å². The quantitative estimate of drug-likeness (QED) is 0.576. The summed E-state index contributed by atoms with van der Waals surface area (Å²) in [4.78, 5) is 14.0. The summed E-state index contributed by atoms with van der Waals surface area (Å²) in [6, 6.07) is 4.95. The number of carbonyl (C=O) groups is 1. The Morgan fingerprint density at radius 1 is 1.59 bits per heavy atom. The number of carbonyl (C=O) groups excluding carboxylic acids is 1. The number of amides is 1. The molecule has 0 N–H and O–H groups in total. The van der Waals surface area contributed by atoms with Crippen molar-refractivity contribution in [3.8, 4) is 0 Å². The molecule has 4 nitrogen and oxygen atoms in total. The molecule has 1 fully saturated rings. The third-order valence-corrected chi connectivity index (χ3v) is 3.43. The van der Waals surface area contributed by atoms with Gasteiger partial charge in [-0.1, -0.05) is 13.3 Å².